The highest BCUT2D eigenvalue weighted by molar-refractivity contribution is 5.35. The van der Waals surface area contributed by atoms with E-state index >= 15 is 0 Å². The SMILES string of the molecule is CCCCC(CC)CNC1CCc2c(F)cccc21. The summed E-state index contributed by atoms with van der Waals surface area (Å²) in [7, 11) is 0. The molecule has 1 nitrogen and oxygen atoms in total. The minimum atomic E-state index is -0.0279. The number of rotatable bonds is 7. The predicted molar refractivity (Wildman–Crippen MR) is 78.8 cm³/mol. The third kappa shape index (κ3) is 3.56. The van der Waals surface area contributed by atoms with Gasteiger partial charge in [-0.1, -0.05) is 45.2 Å². The molecule has 2 atom stereocenters. The van der Waals surface area contributed by atoms with Gasteiger partial charge in [-0.2, -0.15) is 0 Å². The molecular weight excluding hydrogens is 237 g/mol. The molecule has 1 N–H and O–H groups in total. The highest BCUT2D eigenvalue weighted by Crippen LogP contribution is 2.32. The summed E-state index contributed by atoms with van der Waals surface area (Å²) in [5.41, 5.74) is 2.12. The second kappa shape index (κ2) is 7.04. The third-order valence-corrected chi connectivity index (χ3v) is 4.41. The maximum atomic E-state index is 13.7. The molecule has 1 aliphatic rings. The van der Waals surface area contributed by atoms with Crippen LogP contribution < -0.4 is 5.32 Å². The van der Waals surface area contributed by atoms with Crippen LogP contribution in [0.1, 0.15) is 63.1 Å². The summed E-state index contributed by atoms with van der Waals surface area (Å²) >= 11 is 0. The molecular formula is C17H26FN. The molecule has 0 radical (unpaired) electrons. The molecule has 2 heteroatoms. The Hall–Kier alpha value is -0.890. The average Bonchev–Trinajstić information content (AvgIpc) is 2.84. The second-order valence-corrected chi connectivity index (χ2v) is 5.72. The van der Waals surface area contributed by atoms with Crippen LogP contribution in [-0.4, -0.2) is 6.54 Å². The van der Waals surface area contributed by atoms with Crippen molar-refractivity contribution < 1.29 is 4.39 Å². The van der Waals surface area contributed by atoms with Gasteiger partial charge in [0.1, 0.15) is 5.82 Å². The van der Waals surface area contributed by atoms with Gasteiger partial charge in [-0.3, -0.25) is 0 Å². The molecule has 19 heavy (non-hydrogen) atoms. The van der Waals surface area contributed by atoms with Gasteiger partial charge in [0.15, 0.2) is 0 Å². The number of hydrogen-bond donors (Lipinski definition) is 1. The summed E-state index contributed by atoms with van der Waals surface area (Å²) in [4.78, 5) is 0. The van der Waals surface area contributed by atoms with Crippen molar-refractivity contribution in [2.45, 2.75) is 58.4 Å². The number of halogens is 1. The van der Waals surface area contributed by atoms with Gasteiger partial charge in [0.05, 0.1) is 0 Å². The third-order valence-electron chi connectivity index (χ3n) is 4.41. The van der Waals surface area contributed by atoms with E-state index in [1.165, 1.54) is 31.2 Å². The number of unbranched alkanes of at least 4 members (excludes halogenated alkanes) is 1. The van der Waals surface area contributed by atoms with E-state index in [2.05, 4.69) is 25.2 Å². The Morgan fingerprint density at radius 2 is 2.21 bits per heavy atom. The van der Waals surface area contributed by atoms with Gasteiger partial charge < -0.3 is 5.32 Å². The number of nitrogens with one attached hydrogen (secondary N) is 1. The first kappa shape index (κ1) is 14.5. The zero-order chi connectivity index (χ0) is 13.7. The molecule has 0 spiro atoms. The Labute approximate surface area is 116 Å². The van der Waals surface area contributed by atoms with E-state index in [0.717, 1.165) is 30.9 Å². The van der Waals surface area contributed by atoms with Gasteiger partial charge >= 0.3 is 0 Å². The van der Waals surface area contributed by atoms with E-state index in [0.29, 0.717) is 6.04 Å². The van der Waals surface area contributed by atoms with Crippen LogP contribution in [0, 0.1) is 11.7 Å². The van der Waals surface area contributed by atoms with Crippen LogP contribution >= 0.6 is 0 Å². The highest BCUT2D eigenvalue weighted by atomic mass is 19.1. The summed E-state index contributed by atoms with van der Waals surface area (Å²) in [6.45, 7) is 5.58. The Balaban J connectivity index is 1.90. The highest BCUT2D eigenvalue weighted by Gasteiger charge is 2.24. The Bertz CT molecular complexity index is 402. The molecule has 2 rings (SSSR count). The van der Waals surface area contributed by atoms with Gasteiger partial charge in [0.2, 0.25) is 0 Å². The number of fused-ring (bicyclic) bond motifs is 1. The first-order chi connectivity index (χ1) is 9.26. The van der Waals surface area contributed by atoms with Crippen molar-refractivity contribution in [1.29, 1.82) is 0 Å². The topological polar surface area (TPSA) is 12.0 Å². The second-order valence-electron chi connectivity index (χ2n) is 5.72. The number of hydrogen-bond acceptors (Lipinski definition) is 1. The van der Waals surface area contributed by atoms with Gasteiger partial charge in [0, 0.05) is 6.04 Å². The molecule has 0 fully saturated rings. The zero-order valence-corrected chi connectivity index (χ0v) is 12.2. The fraction of sp³-hybridized carbons (Fsp3) is 0.647. The van der Waals surface area contributed by atoms with Gasteiger partial charge in [-0.15, -0.1) is 0 Å². The van der Waals surface area contributed by atoms with Gasteiger partial charge in [0.25, 0.3) is 0 Å². The molecule has 0 heterocycles. The first-order valence-corrected chi connectivity index (χ1v) is 7.76. The Kier molecular flexibility index (Phi) is 5.38. The van der Waals surface area contributed by atoms with Crippen molar-refractivity contribution in [2.24, 2.45) is 5.92 Å². The molecule has 0 bridgehead atoms. The molecule has 0 aliphatic heterocycles. The van der Waals surface area contributed by atoms with Crippen LogP contribution in [0.4, 0.5) is 4.39 Å². The van der Waals surface area contributed by atoms with E-state index in [4.69, 9.17) is 0 Å². The van der Waals surface area contributed by atoms with E-state index in [-0.39, 0.29) is 5.82 Å². The Morgan fingerprint density at radius 1 is 1.37 bits per heavy atom. The molecule has 0 amide bonds. The monoisotopic (exact) mass is 263 g/mol. The molecule has 1 aromatic carbocycles. The Morgan fingerprint density at radius 3 is 2.95 bits per heavy atom. The van der Waals surface area contributed by atoms with Crippen molar-refractivity contribution >= 4 is 0 Å². The van der Waals surface area contributed by atoms with E-state index in [1.807, 2.05) is 6.07 Å². The molecule has 1 aromatic rings. The molecule has 1 aliphatic carbocycles. The van der Waals surface area contributed by atoms with Crippen LogP contribution in [0.2, 0.25) is 0 Å². The van der Waals surface area contributed by atoms with Gasteiger partial charge in [-0.05, 0) is 48.9 Å². The van der Waals surface area contributed by atoms with Crippen LogP contribution in [-0.2, 0) is 6.42 Å². The smallest absolute Gasteiger partial charge is 0.126 e. The van der Waals surface area contributed by atoms with Crippen molar-refractivity contribution in [1.82, 2.24) is 5.32 Å². The lowest BCUT2D eigenvalue weighted by Crippen LogP contribution is -2.26. The summed E-state index contributed by atoms with van der Waals surface area (Å²) in [6, 6.07) is 5.86. The average molecular weight is 263 g/mol. The lowest BCUT2D eigenvalue weighted by atomic mass is 9.98. The van der Waals surface area contributed by atoms with Crippen LogP contribution in [0.5, 0.6) is 0 Å². The predicted octanol–water partition coefficient (Wildman–Crippen LogP) is 4.62. The fourth-order valence-corrected chi connectivity index (χ4v) is 3.07. The van der Waals surface area contributed by atoms with Crippen LogP contribution in [0.3, 0.4) is 0 Å². The van der Waals surface area contributed by atoms with E-state index in [1.54, 1.807) is 6.07 Å². The minimum absolute atomic E-state index is 0.0279. The van der Waals surface area contributed by atoms with Crippen molar-refractivity contribution in [3.8, 4) is 0 Å². The summed E-state index contributed by atoms with van der Waals surface area (Å²) in [6.07, 6.45) is 7.05. The fourth-order valence-electron chi connectivity index (χ4n) is 3.07. The molecule has 106 valence electrons. The lowest BCUT2D eigenvalue weighted by molar-refractivity contribution is 0.389. The maximum Gasteiger partial charge on any atom is 0.126 e. The van der Waals surface area contributed by atoms with E-state index < -0.39 is 0 Å². The molecule has 0 saturated carbocycles. The van der Waals surface area contributed by atoms with E-state index in [9.17, 15) is 4.39 Å². The van der Waals surface area contributed by atoms with Crippen LogP contribution in [0.25, 0.3) is 0 Å². The molecule has 0 saturated heterocycles. The van der Waals surface area contributed by atoms with Crippen molar-refractivity contribution in [3.05, 3.63) is 35.1 Å². The largest absolute Gasteiger partial charge is 0.310 e. The van der Waals surface area contributed by atoms with Gasteiger partial charge in [-0.25, -0.2) is 4.39 Å². The van der Waals surface area contributed by atoms with Crippen LogP contribution in [0.15, 0.2) is 18.2 Å². The number of benzene rings is 1. The van der Waals surface area contributed by atoms with Crippen molar-refractivity contribution in [3.63, 3.8) is 0 Å². The lowest BCUT2D eigenvalue weighted by Gasteiger charge is -2.20. The normalized spacial score (nSPS) is 19.4. The maximum absolute atomic E-state index is 13.7. The summed E-state index contributed by atoms with van der Waals surface area (Å²) in [5, 5.41) is 3.66. The summed E-state index contributed by atoms with van der Waals surface area (Å²) < 4.78 is 13.7. The summed E-state index contributed by atoms with van der Waals surface area (Å²) in [5.74, 6) is 0.734. The zero-order valence-electron chi connectivity index (χ0n) is 12.2. The molecule has 2 unspecified atom stereocenters. The quantitative estimate of drug-likeness (QED) is 0.757. The molecule has 0 aromatic heterocycles. The van der Waals surface area contributed by atoms with Crippen molar-refractivity contribution in [2.75, 3.05) is 6.54 Å². The minimum Gasteiger partial charge on any atom is -0.310 e. The first-order valence-electron chi connectivity index (χ1n) is 7.76. The standard InChI is InChI=1S/C17H26FN/c1-3-5-7-13(4-2)12-19-17-11-10-14-15(17)8-6-9-16(14)18/h6,8-9,13,17,19H,3-5,7,10-12H2,1-2H3.